The van der Waals surface area contributed by atoms with E-state index in [0.717, 1.165) is 24.9 Å². The molecule has 1 aliphatic heterocycles. The van der Waals surface area contributed by atoms with Crippen LogP contribution in [0.2, 0.25) is 0 Å². The first-order chi connectivity index (χ1) is 8.25. The van der Waals surface area contributed by atoms with E-state index in [9.17, 15) is 0 Å². The Bertz CT molecular complexity index is 321. The van der Waals surface area contributed by atoms with Crippen molar-refractivity contribution in [3.8, 4) is 0 Å². The molecule has 0 aromatic heterocycles. The minimum atomic E-state index is 0.835. The number of hydrogen-bond donors (Lipinski definition) is 1. The summed E-state index contributed by atoms with van der Waals surface area (Å²) in [6, 6.07) is 10.5. The van der Waals surface area contributed by atoms with Crippen molar-refractivity contribution in [1.82, 2.24) is 4.90 Å². The van der Waals surface area contributed by atoms with Crippen molar-refractivity contribution in [3.63, 3.8) is 0 Å². The highest BCUT2D eigenvalue weighted by molar-refractivity contribution is 5.42. The van der Waals surface area contributed by atoms with Crippen molar-refractivity contribution in [3.05, 3.63) is 30.3 Å². The Labute approximate surface area is 105 Å². The lowest BCUT2D eigenvalue weighted by molar-refractivity contribution is 0.313. The van der Waals surface area contributed by atoms with Crippen molar-refractivity contribution < 1.29 is 0 Å². The van der Waals surface area contributed by atoms with E-state index in [1.54, 1.807) is 0 Å². The predicted molar refractivity (Wildman–Crippen MR) is 74.3 cm³/mol. The molecule has 1 aromatic rings. The van der Waals surface area contributed by atoms with Crippen molar-refractivity contribution in [1.29, 1.82) is 0 Å². The van der Waals surface area contributed by atoms with Crippen LogP contribution in [0, 0.1) is 11.8 Å². The van der Waals surface area contributed by atoms with Gasteiger partial charge in [0, 0.05) is 25.3 Å². The van der Waals surface area contributed by atoms with E-state index < -0.39 is 0 Å². The molecule has 1 aromatic carbocycles. The summed E-state index contributed by atoms with van der Waals surface area (Å²) in [6.07, 6.45) is 1.38. The third-order valence-corrected chi connectivity index (χ3v) is 3.78. The number of para-hydroxylation sites is 1. The van der Waals surface area contributed by atoms with Gasteiger partial charge in [-0.25, -0.2) is 0 Å². The van der Waals surface area contributed by atoms with Crippen LogP contribution in [0.15, 0.2) is 30.3 Å². The zero-order valence-electron chi connectivity index (χ0n) is 11.0. The van der Waals surface area contributed by atoms with Gasteiger partial charge in [0.25, 0.3) is 0 Å². The fourth-order valence-electron chi connectivity index (χ4n) is 2.52. The fraction of sp³-hybridized carbons (Fsp3) is 0.600. The molecule has 1 saturated heterocycles. The van der Waals surface area contributed by atoms with Gasteiger partial charge in [0.2, 0.25) is 0 Å². The van der Waals surface area contributed by atoms with Crippen LogP contribution in [0.1, 0.15) is 20.3 Å². The number of benzene rings is 1. The molecule has 1 aliphatic rings. The van der Waals surface area contributed by atoms with Gasteiger partial charge in [-0.3, -0.25) is 0 Å². The Kier molecular flexibility index (Phi) is 4.43. The van der Waals surface area contributed by atoms with Crippen LogP contribution in [0.3, 0.4) is 0 Å². The summed E-state index contributed by atoms with van der Waals surface area (Å²) in [4.78, 5) is 2.58. The first-order valence-electron chi connectivity index (χ1n) is 6.77. The Morgan fingerprint density at radius 1 is 1.29 bits per heavy atom. The first-order valence-corrected chi connectivity index (χ1v) is 6.77. The third kappa shape index (κ3) is 3.74. The number of rotatable bonds is 5. The van der Waals surface area contributed by atoms with Gasteiger partial charge in [-0.1, -0.05) is 32.0 Å². The van der Waals surface area contributed by atoms with E-state index in [0.29, 0.717) is 0 Å². The smallest absolute Gasteiger partial charge is 0.0340 e. The molecule has 0 bridgehead atoms. The second-order valence-corrected chi connectivity index (χ2v) is 5.39. The number of hydrogen-bond acceptors (Lipinski definition) is 2. The van der Waals surface area contributed by atoms with Crippen LogP contribution in [0.5, 0.6) is 0 Å². The van der Waals surface area contributed by atoms with Crippen LogP contribution in [-0.2, 0) is 0 Å². The maximum atomic E-state index is 3.47. The number of likely N-dealkylation sites (tertiary alicyclic amines) is 1. The number of anilines is 1. The van der Waals surface area contributed by atoms with Crippen molar-refractivity contribution in [2.75, 3.05) is 31.5 Å². The maximum absolute atomic E-state index is 3.47. The highest BCUT2D eigenvalue weighted by atomic mass is 15.2. The van der Waals surface area contributed by atoms with Gasteiger partial charge in [-0.05, 0) is 36.9 Å². The second kappa shape index (κ2) is 6.06. The summed E-state index contributed by atoms with van der Waals surface area (Å²) in [5.74, 6) is 1.74. The zero-order valence-corrected chi connectivity index (χ0v) is 11.0. The number of nitrogens with one attached hydrogen (secondary N) is 1. The first kappa shape index (κ1) is 12.4. The summed E-state index contributed by atoms with van der Waals surface area (Å²) in [5.41, 5.74) is 1.23. The van der Waals surface area contributed by atoms with E-state index >= 15 is 0 Å². The molecule has 94 valence electrons. The highest BCUT2D eigenvalue weighted by Crippen LogP contribution is 2.23. The van der Waals surface area contributed by atoms with E-state index in [2.05, 4.69) is 54.4 Å². The molecule has 1 heterocycles. The van der Waals surface area contributed by atoms with Crippen molar-refractivity contribution >= 4 is 5.69 Å². The second-order valence-electron chi connectivity index (χ2n) is 5.39. The lowest BCUT2D eigenvalue weighted by atomic mass is 9.95. The predicted octanol–water partition coefficient (Wildman–Crippen LogP) is 3.08. The Morgan fingerprint density at radius 3 is 2.71 bits per heavy atom. The average molecular weight is 232 g/mol. The molecule has 2 rings (SSSR count). The molecule has 2 nitrogen and oxygen atoms in total. The third-order valence-electron chi connectivity index (χ3n) is 3.78. The van der Waals surface area contributed by atoms with Crippen LogP contribution < -0.4 is 5.32 Å². The van der Waals surface area contributed by atoms with Crippen molar-refractivity contribution in [2.45, 2.75) is 20.3 Å². The van der Waals surface area contributed by atoms with Gasteiger partial charge in [0.05, 0.1) is 0 Å². The highest BCUT2D eigenvalue weighted by Gasteiger charge is 2.23. The van der Waals surface area contributed by atoms with E-state index in [4.69, 9.17) is 0 Å². The van der Waals surface area contributed by atoms with Gasteiger partial charge in [-0.15, -0.1) is 0 Å². The van der Waals surface area contributed by atoms with Gasteiger partial charge in [0.1, 0.15) is 0 Å². The fourth-order valence-corrected chi connectivity index (χ4v) is 2.52. The van der Waals surface area contributed by atoms with Crippen LogP contribution in [0.4, 0.5) is 5.69 Å². The molecule has 2 heteroatoms. The monoisotopic (exact) mass is 232 g/mol. The SMILES string of the molecule is CC(C)C1CCN(CCNc2ccccc2)C1. The summed E-state index contributed by atoms with van der Waals surface area (Å²) in [5, 5.41) is 3.47. The molecule has 1 atom stereocenters. The molecule has 0 radical (unpaired) electrons. The lowest BCUT2D eigenvalue weighted by Gasteiger charge is -2.18. The normalized spacial score (nSPS) is 21.0. The Balaban J connectivity index is 1.67. The summed E-state index contributed by atoms with van der Waals surface area (Å²) in [6.45, 7) is 9.47. The molecule has 1 unspecified atom stereocenters. The minimum Gasteiger partial charge on any atom is -0.384 e. The van der Waals surface area contributed by atoms with E-state index in [1.807, 2.05) is 0 Å². The summed E-state index contributed by atoms with van der Waals surface area (Å²) < 4.78 is 0. The molecular weight excluding hydrogens is 208 g/mol. The quantitative estimate of drug-likeness (QED) is 0.839. The summed E-state index contributed by atoms with van der Waals surface area (Å²) >= 11 is 0. The average Bonchev–Trinajstić information content (AvgIpc) is 2.79. The molecular formula is C15H24N2. The molecule has 17 heavy (non-hydrogen) atoms. The van der Waals surface area contributed by atoms with Gasteiger partial charge < -0.3 is 10.2 Å². The Hall–Kier alpha value is -1.02. The van der Waals surface area contributed by atoms with E-state index in [1.165, 1.54) is 25.2 Å². The van der Waals surface area contributed by atoms with Gasteiger partial charge in [-0.2, -0.15) is 0 Å². The van der Waals surface area contributed by atoms with Gasteiger partial charge in [0.15, 0.2) is 0 Å². The standard InChI is InChI=1S/C15H24N2/c1-13(2)14-8-10-17(12-14)11-9-16-15-6-4-3-5-7-15/h3-7,13-14,16H,8-12H2,1-2H3. The molecule has 0 aliphatic carbocycles. The largest absolute Gasteiger partial charge is 0.384 e. The Morgan fingerprint density at radius 2 is 2.06 bits per heavy atom. The molecule has 1 fully saturated rings. The van der Waals surface area contributed by atoms with Crippen LogP contribution in [-0.4, -0.2) is 31.1 Å². The zero-order chi connectivity index (χ0) is 12.1. The molecule has 0 spiro atoms. The maximum Gasteiger partial charge on any atom is 0.0340 e. The van der Waals surface area contributed by atoms with Gasteiger partial charge >= 0.3 is 0 Å². The minimum absolute atomic E-state index is 0.835. The van der Waals surface area contributed by atoms with Crippen molar-refractivity contribution in [2.24, 2.45) is 11.8 Å². The molecule has 0 amide bonds. The lowest BCUT2D eigenvalue weighted by Crippen LogP contribution is -2.27. The number of nitrogens with zero attached hydrogens (tertiary/aromatic N) is 1. The van der Waals surface area contributed by atoms with Crippen LogP contribution in [0.25, 0.3) is 0 Å². The summed E-state index contributed by atoms with van der Waals surface area (Å²) in [7, 11) is 0. The van der Waals surface area contributed by atoms with Crippen LogP contribution >= 0.6 is 0 Å². The van der Waals surface area contributed by atoms with E-state index in [-0.39, 0.29) is 0 Å². The molecule has 1 N–H and O–H groups in total. The molecule has 0 saturated carbocycles. The topological polar surface area (TPSA) is 15.3 Å².